The normalized spacial score (nSPS) is 16.6. The number of carbonyl (C=O) groups excluding carboxylic acids is 1. The van der Waals surface area contributed by atoms with Crippen molar-refractivity contribution < 1.29 is 4.79 Å². The van der Waals surface area contributed by atoms with Crippen molar-refractivity contribution >= 4 is 28.2 Å². The van der Waals surface area contributed by atoms with Gasteiger partial charge in [0.05, 0.1) is 11.1 Å². The molecule has 3 aromatic rings. The zero-order chi connectivity index (χ0) is 17.6. The fraction of sp³-hybridized carbons (Fsp3) is 0.286. The second-order valence-corrected chi connectivity index (χ2v) is 7.11. The summed E-state index contributed by atoms with van der Waals surface area (Å²) in [6.45, 7) is 2.30. The number of benzene rings is 2. The topological polar surface area (TPSA) is 60.1 Å². The molecular formula is C21H23N3O. The van der Waals surface area contributed by atoms with Crippen molar-refractivity contribution in [3.05, 3.63) is 59.3 Å². The number of nitrogen functional groups attached to an aromatic ring is 1. The lowest BCUT2D eigenvalue weighted by molar-refractivity contribution is 0.102. The molecule has 1 heterocycles. The Hall–Kier alpha value is -2.75. The van der Waals surface area contributed by atoms with Crippen molar-refractivity contribution in [2.45, 2.75) is 26.2 Å². The van der Waals surface area contributed by atoms with Crippen LogP contribution >= 0.6 is 0 Å². The van der Waals surface area contributed by atoms with Crippen LogP contribution in [0.2, 0.25) is 0 Å². The number of nitrogens with zero attached hydrogens (tertiary/aromatic N) is 1. The maximum absolute atomic E-state index is 12.9. The zero-order valence-corrected chi connectivity index (χ0v) is 14.7. The minimum Gasteiger partial charge on any atom is -0.399 e. The monoisotopic (exact) mass is 333 g/mol. The SMILES string of the molecule is CC1CCc2c(c3cccc(C(=O)Nc4ccc(N)cc4)c3n2C)C1. The van der Waals surface area contributed by atoms with Crippen molar-refractivity contribution in [3.8, 4) is 0 Å². The molecule has 4 rings (SSSR count). The Kier molecular flexibility index (Phi) is 3.75. The van der Waals surface area contributed by atoms with Gasteiger partial charge in [-0.25, -0.2) is 0 Å². The number of hydrogen-bond acceptors (Lipinski definition) is 2. The molecule has 0 spiro atoms. The first-order valence-corrected chi connectivity index (χ1v) is 8.80. The van der Waals surface area contributed by atoms with Gasteiger partial charge in [-0.2, -0.15) is 0 Å². The molecule has 1 unspecified atom stereocenters. The van der Waals surface area contributed by atoms with Gasteiger partial charge < -0.3 is 15.6 Å². The van der Waals surface area contributed by atoms with Crippen molar-refractivity contribution in [1.82, 2.24) is 4.57 Å². The van der Waals surface area contributed by atoms with E-state index in [4.69, 9.17) is 5.73 Å². The third-order valence-electron chi connectivity index (χ3n) is 5.29. The quantitative estimate of drug-likeness (QED) is 0.693. The van der Waals surface area contributed by atoms with Gasteiger partial charge in [0.2, 0.25) is 0 Å². The zero-order valence-electron chi connectivity index (χ0n) is 14.7. The van der Waals surface area contributed by atoms with E-state index < -0.39 is 0 Å². The number of nitrogens with two attached hydrogens (primary N) is 1. The molecule has 3 N–H and O–H groups in total. The highest BCUT2D eigenvalue weighted by Crippen LogP contribution is 2.35. The molecule has 1 amide bonds. The summed E-state index contributed by atoms with van der Waals surface area (Å²) >= 11 is 0. The summed E-state index contributed by atoms with van der Waals surface area (Å²) in [5.74, 6) is 0.617. The van der Waals surface area contributed by atoms with E-state index in [2.05, 4.69) is 29.9 Å². The number of carbonyl (C=O) groups is 1. The van der Waals surface area contributed by atoms with E-state index in [1.807, 2.05) is 24.3 Å². The van der Waals surface area contributed by atoms with Gasteiger partial charge in [0, 0.05) is 29.5 Å². The molecule has 1 aliphatic carbocycles. The number of aryl methyl sites for hydroxylation is 1. The van der Waals surface area contributed by atoms with E-state index in [-0.39, 0.29) is 5.91 Å². The molecule has 128 valence electrons. The number of para-hydroxylation sites is 1. The van der Waals surface area contributed by atoms with Crippen LogP contribution in [0.4, 0.5) is 11.4 Å². The molecule has 4 heteroatoms. The Morgan fingerprint density at radius 1 is 1.20 bits per heavy atom. The first kappa shape index (κ1) is 15.8. The molecular weight excluding hydrogens is 310 g/mol. The number of anilines is 2. The highest BCUT2D eigenvalue weighted by molar-refractivity contribution is 6.13. The van der Waals surface area contributed by atoms with E-state index >= 15 is 0 Å². The van der Waals surface area contributed by atoms with Crippen LogP contribution < -0.4 is 11.1 Å². The fourth-order valence-corrected chi connectivity index (χ4v) is 3.97. The molecule has 1 aromatic heterocycles. The van der Waals surface area contributed by atoms with Crippen LogP contribution in [-0.2, 0) is 19.9 Å². The Labute approximate surface area is 147 Å². The minimum absolute atomic E-state index is 0.0821. The molecule has 0 aliphatic heterocycles. The van der Waals surface area contributed by atoms with E-state index in [0.29, 0.717) is 11.6 Å². The van der Waals surface area contributed by atoms with Crippen molar-refractivity contribution in [2.24, 2.45) is 13.0 Å². The second kappa shape index (κ2) is 5.96. The largest absolute Gasteiger partial charge is 0.399 e. The van der Waals surface area contributed by atoms with Crippen LogP contribution in [0.5, 0.6) is 0 Å². The van der Waals surface area contributed by atoms with E-state index in [1.54, 1.807) is 12.1 Å². The lowest BCUT2D eigenvalue weighted by atomic mass is 9.87. The predicted molar refractivity (Wildman–Crippen MR) is 103 cm³/mol. The van der Waals surface area contributed by atoms with E-state index in [9.17, 15) is 4.79 Å². The average molecular weight is 333 g/mol. The number of amides is 1. The lowest BCUT2D eigenvalue weighted by Crippen LogP contribution is -2.14. The van der Waals surface area contributed by atoms with Crippen LogP contribution in [0, 0.1) is 5.92 Å². The van der Waals surface area contributed by atoms with Gasteiger partial charge in [0.15, 0.2) is 0 Å². The van der Waals surface area contributed by atoms with Gasteiger partial charge in [0.25, 0.3) is 5.91 Å². The summed E-state index contributed by atoms with van der Waals surface area (Å²) in [7, 11) is 2.08. The second-order valence-electron chi connectivity index (χ2n) is 7.11. The molecule has 0 fully saturated rings. The third kappa shape index (κ3) is 2.68. The van der Waals surface area contributed by atoms with Gasteiger partial charge >= 0.3 is 0 Å². The lowest BCUT2D eigenvalue weighted by Gasteiger charge is -2.19. The standard InChI is InChI=1S/C21H23N3O/c1-13-6-11-19-18(12-13)16-4-3-5-17(20(16)24(19)2)21(25)23-15-9-7-14(22)8-10-15/h3-5,7-10,13H,6,11-12,22H2,1-2H3,(H,23,25). The maximum atomic E-state index is 12.9. The maximum Gasteiger partial charge on any atom is 0.257 e. The number of rotatable bonds is 2. The number of fused-ring (bicyclic) bond motifs is 3. The molecule has 1 aliphatic rings. The summed E-state index contributed by atoms with van der Waals surface area (Å²) in [6.07, 6.45) is 3.39. The number of hydrogen-bond donors (Lipinski definition) is 2. The summed E-state index contributed by atoms with van der Waals surface area (Å²) in [5.41, 5.74) is 11.7. The summed E-state index contributed by atoms with van der Waals surface area (Å²) in [5, 5.41) is 4.20. The van der Waals surface area contributed by atoms with E-state index in [0.717, 1.165) is 29.6 Å². The average Bonchev–Trinajstić information content (AvgIpc) is 2.89. The van der Waals surface area contributed by atoms with Crippen LogP contribution in [0.15, 0.2) is 42.5 Å². The van der Waals surface area contributed by atoms with Gasteiger partial charge in [-0.05, 0) is 61.1 Å². The summed E-state index contributed by atoms with van der Waals surface area (Å²) in [4.78, 5) is 12.9. The Morgan fingerprint density at radius 3 is 2.72 bits per heavy atom. The van der Waals surface area contributed by atoms with Crippen LogP contribution in [0.3, 0.4) is 0 Å². The molecule has 0 radical (unpaired) electrons. The smallest absolute Gasteiger partial charge is 0.257 e. The Bertz CT molecular complexity index is 953. The van der Waals surface area contributed by atoms with Crippen molar-refractivity contribution in [1.29, 1.82) is 0 Å². The minimum atomic E-state index is -0.0821. The molecule has 0 saturated heterocycles. The molecule has 25 heavy (non-hydrogen) atoms. The number of nitrogens with one attached hydrogen (secondary N) is 1. The van der Waals surface area contributed by atoms with Crippen LogP contribution in [0.25, 0.3) is 10.9 Å². The Balaban J connectivity index is 1.77. The summed E-state index contributed by atoms with van der Waals surface area (Å²) in [6, 6.07) is 13.3. The van der Waals surface area contributed by atoms with Gasteiger partial charge in [-0.15, -0.1) is 0 Å². The van der Waals surface area contributed by atoms with E-state index in [1.165, 1.54) is 23.1 Å². The van der Waals surface area contributed by atoms with Crippen molar-refractivity contribution in [2.75, 3.05) is 11.1 Å². The molecule has 2 aromatic carbocycles. The van der Waals surface area contributed by atoms with Gasteiger partial charge in [-0.3, -0.25) is 4.79 Å². The molecule has 4 nitrogen and oxygen atoms in total. The fourth-order valence-electron chi connectivity index (χ4n) is 3.97. The predicted octanol–water partition coefficient (Wildman–Crippen LogP) is 4.14. The molecule has 0 bridgehead atoms. The van der Waals surface area contributed by atoms with Crippen LogP contribution in [-0.4, -0.2) is 10.5 Å². The number of aromatic nitrogens is 1. The first-order chi connectivity index (χ1) is 12.0. The van der Waals surface area contributed by atoms with Gasteiger partial charge in [0.1, 0.15) is 0 Å². The summed E-state index contributed by atoms with van der Waals surface area (Å²) < 4.78 is 2.22. The highest BCUT2D eigenvalue weighted by atomic mass is 16.1. The molecule has 1 atom stereocenters. The first-order valence-electron chi connectivity index (χ1n) is 8.80. The van der Waals surface area contributed by atoms with Crippen molar-refractivity contribution in [3.63, 3.8) is 0 Å². The highest BCUT2D eigenvalue weighted by Gasteiger charge is 2.24. The Morgan fingerprint density at radius 2 is 1.96 bits per heavy atom. The third-order valence-corrected chi connectivity index (χ3v) is 5.29. The van der Waals surface area contributed by atoms with Crippen LogP contribution in [0.1, 0.15) is 35.0 Å². The molecule has 0 saturated carbocycles. The van der Waals surface area contributed by atoms with Gasteiger partial charge in [-0.1, -0.05) is 19.1 Å².